The van der Waals surface area contributed by atoms with Crippen molar-refractivity contribution in [3.05, 3.63) is 89.5 Å². The van der Waals surface area contributed by atoms with Crippen LogP contribution in [0.3, 0.4) is 0 Å². The standard InChI is InChI=1S/C25H24N2O3S2/c1-3-18-10-15-22-23(16-18)31-25(26-22)27(17-19-8-6-5-7-9-19)24(28)20-11-13-21(14-12-20)32(29,30)4-2/h5-16H,3-4,17H2,1-2H3. The molecule has 0 bridgehead atoms. The van der Waals surface area contributed by atoms with Crippen molar-refractivity contribution in [2.45, 2.75) is 31.7 Å². The predicted molar refractivity (Wildman–Crippen MR) is 130 cm³/mol. The van der Waals surface area contributed by atoms with Gasteiger partial charge in [-0.05, 0) is 53.9 Å². The molecule has 32 heavy (non-hydrogen) atoms. The van der Waals surface area contributed by atoms with Gasteiger partial charge in [-0.3, -0.25) is 9.69 Å². The number of anilines is 1. The lowest BCUT2D eigenvalue weighted by atomic mass is 10.1. The number of carbonyl (C=O) groups is 1. The summed E-state index contributed by atoms with van der Waals surface area (Å²) < 4.78 is 25.3. The minimum atomic E-state index is -3.32. The molecular formula is C25H24N2O3S2. The summed E-state index contributed by atoms with van der Waals surface area (Å²) >= 11 is 1.49. The molecule has 164 valence electrons. The lowest BCUT2D eigenvalue weighted by molar-refractivity contribution is 0.0985. The van der Waals surface area contributed by atoms with Crippen LogP contribution in [0.4, 0.5) is 5.13 Å². The molecule has 0 saturated heterocycles. The van der Waals surface area contributed by atoms with E-state index in [1.54, 1.807) is 24.0 Å². The van der Waals surface area contributed by atoms with E-state index < -0.39 is 9.84 Å². The third-order valence-corrected chi connectivity index (χ3v) is 8.14. The van der Waals surface area contributed by atoms with Crippen LogP contribution in [-0.2, 0) is 22.8 Å². The van der Waals surface area contributed by atoms with Crippen molar-refractivity contribution in [3.63, 3.8) is 0 Å². The maximum Gasteiger partial charge on any atom is 0.260 e. The highest BCUT2D eigenvalue weighted by molar-refractivity contribution is 7.91. The molecule has 5 nitrogen and oxygen atoms in total. The summed E-state index contributed by atoms with van der Waals surface area (Å²) in [6, 6.07) is 22.1. The average Bonchev–Trinajstić information content (AvgIpc) is 3.25. The third kappa shape index (κ3) is 4.59. The van der Waals surface area contributed by atoms with Gasteiger partial charge in [0.05, 0.1) is 27.4 Å². The molecule has 0 saturated carbocycles. The Bertz CT molecular complexity index is 1350. The number of amides is 1. The zero-order valence-electron chi connectivity index (χ0n) is 18.0. The first-order chi connectivity index (χ1) is 15.4. The SMILES string of the molecule is CCc1ccc2nc(N(Cc3ccccc3)C(=O)c3ccc(S(=O)(=O)CC)cc3)sc2c1. The van der Waals surface area contributed by atoms with Crippen molar-refractivity contribution in [1.82, 2.24) is 4.98 Å². The number of thiazole rings is 1. The number of benzene rings is 3. The Morgan fingerprint density at radius 3 is 2.31 bits per heavy atom. The van der Waals surface area contributed by atoms with E-state index in [1.807, 2.05) is 36.4 Å². The van der Waals surface area contributed by atoms with Crippen LogP contribution < -0.4 is 4.90 Å². The average molecular weight is 465 g/mol. The number of aromatic nitrogens is 1. The summed E-state index contributed by atoms with van der Waals surface area (Å²) in [6.45, 7) is 4.08. The Kier molecular flexibility index (Phi) is 6.39. The van der Waals surface area contributed by atoms with Crippen LogP contribution in [0.5, 0.6) is 0 Å². The van der Waals surface area contributed by atoms with Crippen LogP contribution in [0.15, 0.2) is 77.7 Å². The van der Waals surface area contributed by atoms with Crippen molar-refractivity contribution in [2.75, 3.05) is 10.7 Å². The molecule has 3 aromatic carbocycles. The number of nitrogens with zero attached hydrogens (tertiary/aromatic N) is 2. The second kappa shape index (κ2) is 9.22. The Morgan fingerprint density at radius 2 is 1.66 bits per heavy atom. The first kappa shape index (κ1) is 22.2. The third-order valence-electron chi connectivity index (χ3n) is 5.35. The molecular weight excluding hydrogens is 440 g/mol. The van der Waals surface area contributed by atoms with Crippen molar-refractivity contribution in [1.29, 1.82) is 0 Å². The topological polar surface area (TPSA) is 67.3 Å². The molecule has 0 spiro atoms. The summed E-state index contributed by atoms with van der Waals surface area (Å²) in [5.74, 6) is -0.199. The van der Waals surface area contributed by atoms with E-state index >= 15 is 0 Å². The largest absolute Gasteiger partial charge is 0.279 e. The van der Waals surface area contributed by atoms with Gasteiger partial charge in [0.15, 0.2) is 15.0 Å². The lowest BCUT2D eigenvalue weighted by Crippen LogP contribution is -2.30. The first-order valence-electron chi connectivity index (χ1n) is 10.5. The second-order valence-corrected chi connectivity index (χ2v) is 10.7. The van der Waals surface area contributed by atoms with Crippen LogP contribution in [0.25, 0.3) is 10.2 Å². The fourth-order valence-corrected chi connectivity index (χ4v) is 5.32. The summed E-state index contributed by atoms with van der Waals surface area (Å²) in [4.78, 5) is 20.1. The Labute approximate surface area is 192 Å². The van der Waals surface area contributed by atoms with Crippen LogP contribution in [0, 0.1) is 0 Å². The second-order valence-electron chi connectivity index (χ2n) is 7.46. The highest BCUT2D eigenvalue weighted by Gasteiger charge is 2.22. The number of hydrogen-bond donors (Lipinski definition) is 0. The molecule has 0 aliphatic carbocycles. The number of aryl methyl sites for hydroxylation is 1. The quantitative estimate of drug-likeness (QED) is 0.362. The summed E-state index contributed by atoms with van der Waals surface area (Å²) in [6.07, 6.45) is 0.933. The molecule has 7 heteroatoms. The van der Waals surface area contributed by atoms with Gasteiger partial charge in [-0.15, -0.1) is 0 Å². The molecule has 4 aromatic rings. The van der Waals surface area contributed by atoms with Crippen molar-refractivity contribution in [2.24, 2.45) is 0 Å². The van der Waals surface area contributed by atoms with Gasteiger partial charge in [-0.1, -0.05) is 61.6 Å². The number of sulfone groups is 1. The van der Waals surface area contributed by atoms with Crippen molar-refractivity contribution >= 4 is 42.4 Å². The molecule has 0 atom stereocenters. The smallest absolute Gasteiger partial charge is 0.260 e. The van der Waals surface area contributed by atoms with Gasteiger partial charge < -0.3 is 0 Å². The normalized spacial score (nSPS) is 11.6. The zero-order chi connectivity index (χ0) is 22.7. The molecule has 4 rings (SSSR count). The van der Waals surface area contributed by atoms with Crippen LogP contribution in [0.2, 0.25) is 0 Å². The Hall–Kier alpha value is -3.03. The minimum absolute atomic E-state index is 0.0197. The molecule has 1 amide bonds. The molecule has 0 radical (unpaired) electrons. The van der Waals surface area contributed by atoms with Gasteiger partial charge in [0, 0.05) is 5.56 Å². The fraction of sp³-hybridized carbons (Fsp3) is 0.200. The molecule has 1 aromatic heterocycles. The minimum Gasteiger partial charge on any atom is -0.279 e. The van der Waals surface area contributed by atoms with E-state index in [9.17, 15) is 13.2 Å². The maximum absolute atomic E-state index is 13.5. The summed E-state index contributed by atoms with van der Waals surface area (Å²) in [7, 11) is -3.32. The molecule has 0 unspecified atom stereocenters. The summed E-state index contributed by atoms with van der Waals surface area (Å²) in [5.41, 5.74) is 3.49. The lowest BCUT2D eigenvalue weighted by Gasteiger charge is -2.20. The first-order valence-corrected chi connectivity index (χ1v) is 13.0. The number of rotatable bonds is 7. The predicted octanol–water partition coefficient (Wildman–Crippen LogP) is 5.50. The van der Waals surface area contributed by atoms with Gasteiger partial charge in [-0.2, -0.15) is 0 Å². The van der Waals surface area contributed by atoms with E-state index in [0.29, 0.717) is 17.2 Å². The van der Waals surface area contributed by atoms with Crippen LogP contribution >= 0.6 is 11.3 Å². The Balaban J connectivity index is 1.73. The van der Waals surface area contributed by atoms with E-state index in [4.69, 9.17) is 4.98 Å². The van der Waals surface area contributed by atoms with E-state index in [2.05, 4.69) is 19.1 Å². The molecule has 0 aliphatic heterocycles. The van der Waals surface area contributed by atoms with Gasteiger partial charge >= 0.3 is 0 Å². The Morgan fingerprint density at radius 1 is 0.938 bits per heavy atom. The molecule has 0 fully saturated rings. The zero-order valence-corrected chi connectivity index (χ0v) is 19.6. The van der Waals surface area contributed by atoms with Crippen molar-refractivity contribution < 1.29 is 13.2 Å². The molecule has 1 heterocycles. The van der Waals surface area contributed by atoms with Gasteiger partial charge in [0.2, 0.25) is 0 Å². The fourth-order valence-electron chi connectivity index (χ4n) is 3.41. The highest BCUT2D eigenvalue weighted by atomic mass is 32.2. The number of carbonyl (C=O) groups excluding carboxylic acids is 1. The summed E-state index contributed by atoms with van der Waals surface area (Å²) in [5, 5.41) is 0.618. The van der Waals surface area contributed by atoms with Crippen LogP contribution in [-0.4, -0.2) is 25.1 Å². The number of hydrogen-bond acceptors (Lipinski definition) is 5. The van der Waals surface area contributed by atoms with E-state index in [-0.39, 0.29) is 16.6 Å². The monoisotopic (exact) mass is 464 g/mol. The van der Waals surface area contributed by atoms with E-state index in [1.165, 1.54) is 29.0 Å². The van der Waals surface area contributed by atoms with Crippen molar-refractivity contribution in [3.8, 4) is 0 Å². The molecule has 0 aliphatic rings. The number of fused-ring (bicyclic) bond motifs is 1. The van der Waals surface area contributed by atoms with Gasteiger partial charge in [0.25, 0.3) is 5.91 Å². The van der Waals surface area contributed by atoms with Gasteiger partial charge in [-0.25, -0.2) is 13.4 Å². The highest BCUT2D eigenvalue weighted by Crippen LogP contribution is 2.32. The maximum atomic E-state index is 13.5. The van der Waals surface area contributed by atoms with Crippen LogP contribution in [0.1, 0.15) is 35.3 Å². The van der Waals surface area contributed by atoms with Gasteiger partial charge in [0.1, 0.15) is 0 Å². The van der Waals surface area contributed by atoms with E-state index in [0.717, 1.165) is 22.2 Å². The molecule has 0 N–H and O–H groups in total.